The molecule has 1 aliphatic heterocycles. The lowest BCUT2D eigenvalue weighted by molar-refractivity contribution is -0.150. The second kappa shape index (κ2) is 10.8. The van der Waals surface area contributed by atoms with E-state index in [1.54, 1.807) is 17.2 Å². The molecule has 196 valence electrons. The zero-order valence-corrected chi connectivity index (χ0v) is 21.9. The standard InChI is InChI=1S/C31H34N4O3/c1-31(2)14-13-26(16-21-8-4-3-5-9-21)35(30(31)38)20-28(36)33-25-12-11-22-17-24(18-23(22)19-25)29(37)34-27-10-6-7-15-32-27/h3-12,15,19,24,26H,13-14,16-18,20H2,1-2H3,(H,33,36)(H,32,34,37)/t24-,26+/m1/s1. The van der Waals surface area contributed by atoms with E-state index in [0.717, 1.165) is 36.0 Å². The quantitative estimate of drug-likeness (QED) is 0.485. The lowest BCUT2D eigenvalue weighted by Crippen LogP contribution is -2.54. The molecule has 0 unspecified atom stereocenters. The van der Waals surface area contributed by atoms with Gasteiger partial charge in [-0.2, -0.15) is 0 Å². The number of carbonyl (C=O) groups is 3. The van der Waals surface area contributed by atoms with Crippen molar-refractivity contribution in [2.24, 2.45) is 11.3 Å². The van der Waals surface area contributed by atoms with Crippen LogP contribution in [0.1, 0.15) is 43.4 Å². The molecule has 5 rings (SSSR count). The molecule has 1 fully saturated rings. The molecule has 3 aromatic rings. The smallest absolute Gasteiger partial charge is 0.244 e. The van der Waals surface area contributed by atoms with Crippen LogP contribution in [0.3, 0.4) is 0 Å². The number of pyridine rings is 1. The van der Waals surface area contributed by atoms with Crippen molar-refractivity contribution in [2.75, 3.05) is 17.2 Å². The average Bonchev–Trinajstić information content (AvgIpc) is 3.34. The minimum absolute atomic E-state index is 0.0120. The van der Waals surface area contributed by atoms with Crippen molar-refractivity contribution in [3.63, 3.8) is 0 Å². The van der Waals surface area contributed by atoms with Crippen LogP contribution in [0.4, 0.5) is 11.5 Å². The number of amides is 3. The van der Waals surface area contributed by atoms with Gasteiger partial charge in [-0.25, -0.2) is 4.98 Å². The molecule has 1 saturated heterocycles. The summed E-state index contributed by atoms with van der Waals surface area (Å²) in [5.74, 6) is 0.125. The highest BCUT2D eigenvalue weighted by Gasteiger charge is 2.41. The average molecular weight is 511 g/mol. The highest BCUT2D eigenvalue weighted by molar-refractivity contribution is 5.96. The van der Waals surface area contributed by atoms with Crippen molar-refractivity contribution in [1.29, 1.82) is 0 Å². The third-order valence-electron chi connectivity index (χ3n) is 7.72. The molecule has 0 saturated carbocycles. The first-order valence-corrected chi connectivity index (χ1v) is 13.3. The van der Waals surface area contributed by atoms with Crippen molar-refractivity contribution in [3.8, 4) is 0 Å². The van der Waals surface area contributed by atoms with E-state index in [9.17, 15) is 14.4 Å². The van der Waals surface area contributed by atoms with Crippen LogP contribution in [0.2, 0.25) is 0 Å². The summed E-state index contributed by atoms with van der Waals surface area (Å²) in [6, 6.07) is 21.3. The first-order chi connectivity index (χ1) is 18.3. The van der Waals surface area contributed by atoms with Crippen LogP contribution in [0.25, 0.3) is 0 Å². The number of fused-ring (bicyclic) bond motifs is 1. The third-order valence-corrected chi connectivity index (χ3v) is 7.72. The van der Waals surface area contributed by atoms with Gasteiger partial charge in [0.2, 0.25) is 17.7 Å². The Balaban J connectivity index is 1.22. The van der Waals surface area contributed by atoms with Gasteiger partial charge < -0.3 is 15.5 Å². The number of rotatable bonds is 7. The number of hydrogen-bond donors (Lipinski definition) is 2. The molecule has 0 radical (unpaired) electrons. The summed E-state index contributed by atoms with van der Waals surface area (Å²) in [5.41, 5.74) is 3.53. The molecule has 2 aromatic carbocycles. The minimum atomic E-state index is -0.480. The second-order valence-electron chi connectivity index (χ2n) is 11.0. The van der Waals surface area contributed by atoms with Crippen molar-refractivity contribution in [1.82, 2.24) is 9.88 Å². The fourth-order valence-electron chi connectivity index (χ4n) is 5.55. The van der Waals surface area contributed by atoms with E-state index in [0.29, 0.717) is 24.3 Å². The Hall–Kier alpha value is -4.00. The molecule has 1 aromatic heterocycles. The highest BCUT2D eigenvalue weighted by Crippen LogP contribution is 2.35. The van der Waals surface area contributed by atoms with E-state index in [1.807, 2.05) is 62.4 Å². The first-order valence-electron chi connectivity index (χ1n) is 13.3. The lowest BCUT2D eigenvalue weighted by atomic mass is 9.79. The van der Waals surface area contributed by atoms with Crippen LogP contribution in [0, 0.1) is 11.3 Å². The predicted octanol–water partition coefficient (Wildman–Crippen LogP) is 4.63. The Morgan fingerprint density at radius 1 is 0.974 bits per heavy atom. The number of anilines is 2. The Labute approximate surface area is 223 Å². The molecule has 1 aliphatic carbocycles. The van der Waals surface area contributed by atoms with Crippen LogP contribution in [-0.2, 0) is 33.6 Å². The van der Waals surface area contributed by atoms with E-state index in [2.05, 4.69) is 27.8 Å². The van der Waals surface area contributed by atoms with E-state index >= 15 is 0 Å². The highest BCUT2D eigenvalue weighted by atomic mass is 16.2. The third kappa shape index (κ3) is 5.77. The van der Waals surface area contributed by atoms with Crippen molar-refractivity contribution < 1.29 is 14.4 Å². The van der Waals surface area contributed by atoms with Gasteiger partial charge in [-0.3, -0.25) is 14.4 Å². The maximum atomic E-state index is 13.3. The van der Waals surface area contributed by atoms with Crippen LogP contribution in [-0.4, -0.2) is 40.2 Å². The zero-order chi connectivity index (χ0) is 26.7. The molecular weight excluding hydrogens is 476 g/mol. The summed E-state index contributed by atoms with van der Waals surface area (Å²) in [6.07, 6.45) is 5.31. The van der Waals surface area contributed by atoms with Gasteiger partial charge in [0.1, 0.15) is 12.4 Å². The number of piperidine rings is 1. The molecule has 2 N–H and O–H groups in total. The largest absolute Gasteiger partial charge is 0.330 e. The predicted molar refractivity (Wildman–Crippen MR) is 147 cm³/mol. The van der Waals surface area contributed by atoms with Gasteiger partial charge in [0.15, 0.2) is 0 Å². The van der Waals surface area contributed by atoms with E-state index in [-0.39, 0.29) is 36.2 Å². The summed E-state index contributed by atoms with van der Waals surface area (Å²) in [5, 5.41) is 5.88. The van der Waals surface area contributed by atoms with Crippen molar-refractivity contribution in [2.45, 2.75) is 52.0 Å². The van der Waals surface area contributed by atoms with Gasteiger partial charge in [-0.1, -0.05) is 56.3 Å². The number of likely N-dealkylation sites (tertiary alicyclic amines) is 1. The topological polar surface area (TPSA) is 91.4 Å². The molecule has 0 spiro atoms. The molecule has 2 atom stereocenters. The van der Waals surface area contributed by atoms with E-state index in [4.69, 9.17) is 0 Å². The summed E-state index contributed by atoms with van der Waals surface area (Å²) < 4.78 is 0. The summed E-state index contributed by atoms with van der Waals surface area (Å²) in [4.78, 5) is 45.1. The van der Waals surface area contributed by atoms with Gasteiger partial charge in [0, 0.05) is 29.3 Å². The fraction of sp³-hybridized carbons (Fsp3) is 0.355. The van der Waals surface area contributed by atoms with Gasteiger partial charge in [0.05, 0.1) is 0 Å². The monoisotopic (exact) mass is 510 g/mol. The molecule has 7 heteroatoms. The Bertz CT molecular complexity index is 1320. The van der Waals surface area contributed by atoms with Crippen LogP contribution >= 0.6 is 0 Å². The van der Waals surface area contributed by atoms with Gasteiger partial charge in [-0.15, -0.1) is 0 Å². The Kier molecular flexibility index (Phi) is 7.27. The van der Waals surface area contributed by atoms with Crippen molar-refractivity contribution in [3.05, 3.63) is 89.6 Å². The molecule has 2 heterocycles. The number of benzene rings is 2. The van der Waals surface area contributed by atoms with E-state index < -0.39 is 5.41 Å². The summed E-state index contributed by atoms with van der Waals surface area (Å²) in [7, 11) is 0. The maximum Gasteiger partial charge on any atom is 0.244 e. The molecule has 7 nitrogen and oxygen atoms in total. The Morgan fingerprint density at radius 2 is 1.74 bits per heavy atom. The maximum absolute atomic E-state index is 13.3. The molecule has 3 amide bonds. The lowest BCUT2D eigenvalue weighted by Gasteiger charge is -2.43. The zero-order valence-electron chi connectivity index (χ0n) is 21.9. The van der Waals surface area contributed by atoms with Crippen molar-refractivity contribution >= 4 is 29.2 Å². The number of nitrogens with zero attached hydrogens (tertiary/aromatic N) is 2. The van der Waals surface area contributed by atoms with Crippen LogP contribution in [0.15, 0.2) is 72.9 Å². The molecule has 2 aliphatic rings. The van der Waals surface area contributed by atoms with Gasteiger partial charge in [-0.05, 0) is 73.1 Å². The molecule has 38 heavy (non-hydrogen) atoms. The molecular formula is C31H34N4O3. The van der Waals surface area contributed by atoms with E-state index in [1.165, 1.54) is 0 Å². The van der Waals surface area contributed by atoms with Crippen LogP contribution in [0.5, 0.6) is 0 Å². The second-order valence-corrected chi connectivity index (χ2v) is 11.0. The minimum Gasteiger partial charge on any atom is -0.330 e. The summed E-state index contributed by atoms with van der Waals surface area (Å²) >= 11 is 0. The van der Waals surface area contributed by atoms with Gasteiger partial charge in [0.25, 0.3) is 0 Å². The SMILES string of the molecule is CC1(C)CC[C@@H](Cc2ccccc2)N(CC(=O)Nc2ccc3c(c2)C[C@H](C(=O)Nc2ccccn2)C3)C1=O. The first kappa shape index (κ1) is 25.6. The summed E-state index contributed by atoms with van der Waals surface area (Å²) in [6.45, 7) is 3.94. The molecule has 0 bridgehead atoms. The number of carbonyl (C=O) groups excluding carboxylic acids is 3. The van der Waals surface area contributed by atoms with Gasteiger partial charge >= 0.3 is 0 Å². The normalized spacial score (nSPS) is 20.1. The van der Waals surface area contributed by atoms with Crippen LogP contribution < -0.4 is 10.6 Å². The number of hydrogen-bond acceptors (Lipinski definition) is 4. The number of nitrogens with one attached hydrogen (secondary N) is 2. The fourth-order valence-corrected chi connectivity index (χ4v) is 5.55. The Morgan fingerprint density at radius 3 is 2.50 bits per heavy atom. The number of aromatic nitrogens is 1.